The van der Waals surface area contributed by atoms with Crippen molar-refractivity contribution in [3.05, 3.63) is 59.2 Å². The summed E-state index contributed by atoms with van der Waals surface area (Å²) in [4.78, 5) is 0. The van der Waals surface area contributed by atoms with Crippen LogP contribution >= 0.6 is 0 Å². The first-order valence-electron chi connectivity index (χ1n) is 7.84. The van der Waals surface area contributed by atoms with Crippen LogP contribution in [0, 0.1) is 29.4 Å². The summed E-state index contributed by atoms with van der Waals surface area (Å²) in [5.74, 6) is -3.11. The van der Waals surface area contributed by atoms with Crippen LogP contribution in [-0.4, -0.2) is 24.5 Å². The molecule has 0 bridgehead atoms. The number of alkyl halides is 3. The molecule has 0 saturated heterocycles. The van der Waals surface area contributed by atoms with Gasteiger partial charge in [-0.2, -0.15) is 13.2 Å². The van der Waals surface area contributed by atoms with Gasteiger partial charge in [0.1, 0.15) is 11.6 Å². The molecule has 1 aromatic carbocycles. The highest BCUT2D eigenvalue weighted by molar-refractivity contribution is 5.32. The van der Waals surface area contributed by atoms with Gasteiger partial charge in [-0.3, -0.25) is 0 Å². The van der Waals surface area contributed by atoms with Crippen molar-refractivity contribution in [2.75, 3.05) is 7.11 Å². The van der Waals surface area contributed by atoms with Crippen molar-refractivity contribution in [1.29, 1.82) is 0 Å². The minimum atomic E-state index is -4.48. The summed E-state index contributed by atoms with van der Waals surface area (Å²) in [6.07, 6.45) is -2.55. The molecule has 3 rings (SSSR count). The molecule has 1 N–H and O–H groups in total. The van der Waals surface area contributed by atoms with Gasteiger partial charge in [0.15, 0.2) is 0 Å². The first-order valence-corrected chi connectivity index (χ1v) is 7.84. The first-order chi connectivity index (χ1) is 11.7. The van der Waals surface area contributed by atoms with Crippen molar-refractivity contribution in [3.63, 3.8) is 0 Å². The Morgan fingerprint density at radius 1 is 1.16 bits per heavy atom. The number of hydrogen-bond acceptors (Lipinski definition) is 2. The van der Waals surface area contributed by atoms with E-state index in [2.05, 4.69) is 0 Å². The Balaban J connectivity index is 1.89. The zero-order valence-corrected chi connectivity index (χ0v) is 13.3. The topological polar surface area (TPSA) is 29.5 Å². The monoisotopic (exact) mass is 360 g/mol. The van der Waals surface area contributed by atoms with Crippen LogP contribution < -0.4 is 0 Å². The molecule has 1 aromatic rings. The standard InChI is InChI=1S/C18H17F5O2/c1-25-17(10-4-12(19)8-13(20)5-10)15-6-9-2-3-11(18(21,22)23)7-14(9)16(15)24/h2-5,7-9,14-17,24H,6H2,1H3. The molecule has 2 nitrogen and oxygen atoms in total. The number of aliphatic hydroxyl groups is 1. The molecular weight excluding hydrogens is 343 g/mol. The molecule has 5 atom stereocenters. The molecule has 1 fully saturated rings. The van der Waals surface area contributed by atoms with Crippen molar-refractivity contribution < 1.29 is 31.8 Å². The predicted molar refractivity (Wildman–Crippen MR) is 80.5 cm³/mol. The van der Waals surface area contributed by atoms with Gasteiger partial charge in [-0.1, -0.05) is 18.2 Å². The quantitative estimate of drug-likeness (QED) is 0.814. The summed E-state index contributed by atoms with van der Waals surface area (Å²) in [5.41, 5.74) is -0.578. The third-order valence-corrected chi connectivity index (χ3v) is 4.95. The summed E-state index contributed by atoms with van der Waals surface area (Å²) in [6.45, 7) is 0. The van der Waals surface area contributed by atoms with Crippen LogP contribution in [0.2, 0.25) is 0 Å². The van der Waals surface area contributed by atoms with E-state index >= 15 is 0 Å². The fraction of sp³-hybridized carbons (Fsp3) is 0.444. The number of ether oxygens (including phenoxy) is 1. The maximum Gasteiger partial charge on any atom is 0.416 e. The highest BCUT2D eigenvalue weighted by atomic mass is 19.4. The molecule has 136 valence electrons. The average molecular weight is 360 g/mol. The maximum absolute atomic E-state index is 13.5. The molecule has 0 radical (unpaired) electrons. The molecule has 2 aliphatic carbocycles. The van der Waals surface area contributed by atoms with Gasteiger partial charge in [0, 0.05) is 25.0 Å². The van der Waals surface area contributed by atoms with Gasteiger partial charge >= 0.3 is 6.18 Å². The van der Waals surface area contributed by atoms with Crippen molar-refractivity contribution in [1.82, 2.24) is 0 Å². The molecule has 0 aromatic heterocycles. The van der Waals surface area contributed by atoms with Crippen molar-refractivity contribution in [2.24, 2.45) is 17.8 Å². The zero-order valence-electron chi connectivity index (χ0n) is 13.3. The number of fused-ring (bicyclic) bond motifs is 1. The Hall–Kier alpha value is -1.73. The number of allylic oxidation sites excluding steroid dienone is 3. The van der Waals surface area contributed by atoms with E-state index in [0.717, 1.165) is 30.4 Å². The highest BCUT2D eigenvalue weighted by Crippen LogP contribution is 2.48. The van der Waals surface area contributed by atoms with Crippen LogP contribution in [0.3, 0.4) is 0 Å². The van der Waals surface area contributed by atoms with Crippen LogP contribution in [0.25, 0.3) is 0 Å². The van der Waals surface area contributed by atoms with E-state index in [4.69, 9.17) is 4.74 Å². The predicted octanol–water partition coefficient (Wildman–Crippen LogP) is 4.32. The first kappa shape index (κ1) is 18.1. The Kier molecular flexibility index (Phi) is 4.72. The summed E-state index contributed by atoms with van der Waals surface area (Å²) >= 11 is 0. The fourth-order valence-corrected chi connectivity index (χ4v) is 3.86. The van der Waals surface area contributed by atoms with E-state index in [0.29, 0.717) is 6.42 Å². The largest absolute Gasteiger partial charge is 0.416 e. The van der Waals surface area contributed by atoms with Gasteiger partial charge in [0.05, 0.1) is 17.8 Å². The van der Waals surface area contributed by atoms with Gasteiger partial charge in [0.2, 0.25) is 0 Å². The molecule has 0 heterocycles. The second-order valence-electron chi connectivity index (χ2n) is 6.47. The number of methoxy groups -OCH3 is 1. The lowest BCUT2D eigenvalue weighted by Crippen LogP contribution is -2.28. The number of rotatable bonds is 3. The fourth-order valence-electron chi connectivity index (χ4n) is 3.86. The number of benzene rings is 1. The lowest BCUT2D eigenvalue weighted by molar-refractivity contribution is -0.0894. The highest BCUT2D eigenvalue weighted by Gasteiger charge is 2.47. The molecule has 5 unspecified atom stereocenters. The van der Waals surface area contributed by atoms with E-state index < -0.39 is 47.4 Å². The van der Waals surface area contributed by atoms with E-state index in [1.165, 1.54) is 13.2 Å². The van der Waals surface area contributed by atoms with Crippen LogP contribution in [0.1, 0.15) is 18.1 Å². The van der Waals surface area contributed by atoms with Crippen LogP contribution in [0.4, 0.5) is 22.0 Å². The Morgan fingerprint density at radius 2 is 1.80 bits per heavy atom. The molecule has 1 saturated carbocycles. The summed E-state index contributed by atoms with van der Waals surface area (Å²) in [6, 6.07) is 2.94. The van der Waals surface area contributed by atoms with E-state index in [9.17, 15) is 27.1 Å². The van der Waals surface area contributed by atoms with Gasteiger partial charge in [-0.15, -0.1) is 0 Å². The van der Waals surface area contributed by atoms with Crippen LogP contribution in [0.15, 0.2) is 42.0 Å². The maximum atomic E-state index is 13.5. The van der Waals surface area contributed by atoms with Crippen LogP contribution in [0.5, 0.6) is 0 Å². The molecular formula is C18H17F5O2. The Morgan fingerprint density at radius 3 is 2.36 bits per heavy atom. The Labute approximate surface area is 141 Å². The molecule has 25 heavy (non-hydrogen) atoms. The lowest BCUT2D eigenvalue weighted by atomic mass is 9.87. The van der Waals surface area contributed by atoms with Gasteiger partial charge < -0.3 is 9.84 Å². The summed E-state index contributed by atoms with van der Waals surface area (Å²) < 4.78 is 71.0. The molecule has 0 spiro atoms. The smallest absolute Gasteiger partial charge is 0.392 e. The van der Waals surface area contributed by atoms with Gasteiger partial charge in [-0.05, 0) is 30.0 Å². The Bertz CT molecular complexity index is 690. The van der Waals surface area contributed by atoms with E-state index in [1.807, 2.05) is 0 Å². The summed E-state index contributed by atoms with van der Waals surface area (Å²) in [7, 11) is 1.34. The van der Waals surface area contributed by atoms with Crippen molar-refractivity contribution in [2.45, 2.75) is 24.8 Å². The SMILES string of the molecule is COC(c1cc(F)cc(F)c1)C1CC2C=CC(C(F)(F)F)=CC2C1O. The second-order valence-corrected chi connectivity index (χ2v) is 6.47. The lowest BCUT2D eigenvalue weighted by Gasteiger charge is -2.27. The van der Waals surface area contributed by atoms with E-state index in [-0.39, 0.29) is 11.5 Å². The third kappa shape index (κ3) is 3.48. The molecule has 0 amide bonds. The van der Waals surface area contributed by atoms with Crippen LogP contribution in [-0.2, 0) is 4.74 Å². The molecule has 2 aliphatic rings. The second kappa shape index (κ2) is 6.53. The number of halogens is 5. The van der Waals surface area contributed by atoms with Gasteiger partial charge in [0.25, 0.3) is 0 Å². The average Bonchev–Trinajstić information content (AvgIpc) is 2.83. The molecule has 7 heteroatoms. The van der Waals surface area contributed by atoms with E-state index in [1.54, 1.807) is 0 Å². The minimum absolute atomic E-state index is 0.215. The molecule has 0 aliphatic heterocycles. The van der Waals surface area contributed by atoms with Crippen molar-refractivity contribution in [3.8, 4) is 0 Å². The third-order valence-electron chi connectivity index (χ3n) is 4.95. The van der Waals surface area contributed by atoms with Crippen molar-refractivity contribution >= 4 is 0 Å². The normalized spacial score (nSPS) is 30.1. The summed E-state index contributed by atoms with van der Waals surface area (Å²) in [5, 5.41) is 10.6. The number of hydrogen-bond donors (Lipinski definition) is 1. The van der Waals surface area contributed by atoms with Gasteiger partial charge in [-0.25, -0.2) is 8.78 Å². The number of aliphatic hydroxyl groups excluding tert-OH is 1. The minimum Gasteiger partial charge on any atom is -0.392 e. The zero-order chi connectivity index (χ0) is 18.4.